The van der Waals surface area contributed by atoms with Crippen LogP contribution in [0.4, 0.5) is 0 Å². The lowest BCUT2D eigenvalue weighted by Gasteiger charge is -2.30. The molecule has 0 aliphatic heterocycles. The van der Waals surface area contributed by atoms with Gasteiger partial charge < -0.3 is 9.84 Å². The molecule has 1 aliphatic rings. The zero-order chi connectivity index (χ0) is 10.4. The summed E-state index contributed by atoms with van der Waals surface area (Å²) in [5, 5.41) is 10.0. The Hall–Kier alpha value is -0.410. The van der Waals surface area contributed by atoms with Gasteiger partial charge in [-0.1, -0.05) is 19.3 Å². The van der Waals surface area contributed by atoms with Crippen LogP contribution in [-0.2, 0) is 9.53 Å². The third-order valence-corrected chi connectivity index (χ3v) is 2.95. The minimum absolute atomic E-state index is 0.00856. The number of hydrogen-bond acceptors (Lipinski definition) is 3. The first-order chi connectivity index (χ1) is 6.69. The zero-order valence-corrected chi connectivity index (χ0v) is 8.92. The molecule has 14 heavy (non-hydrogen) atoms. The Balaban J connectivity index is 2.33. The monoisotopic (exact) mass is 200 g/mol. The molecule has 1 N–H and O–H groups in total. The molecule has 0 aromatic heterocycles. The summed E-state index contributed by atoms with van der Waals surface area (Å²) in [6, 6.07) is 0. The number of ether oxygens (including phenoxy) is 1. The molecule has 3 heteroatoms. The topological polar surface area (TPSA) is 46.5 Å². The molecule has 0 bridgehead atoms. The van der Waals surface area contributed by atoms with E-state index in [0.29, 0.717) is 25.9 Å². The highest BCUT2D eigenvalue weighted by Gasteiger charge is 2.35. The van der Waals surface area contributed by atoms with Gasteiger partial charge in [-0.15, -0.1) is 0 Å². The van der Waals surface area contributed by atoms with Crippen LogP contribution in [0.15, 0.2) is 0 Å². The molecule has 0 radical (unpaired) electrons. The van der Waals surface area contributed by atoms with Gasteiger partial charge >= 0.3 is 0 Å². The fourth-order valence-electron chi connectivity index (χ4n) is 2.03. The molecule has 1 rings (SSSR count). The van der Waals surface area contributed by atoms with Crippen molar-refractivity contribution in [3.63, 3.8) is 0 Å². The molecule has 3 nitrogen and oxygen atoms in total. The van der Waals surface area contributed by atoms with E-state index in [2.05, 4.69) is 0 Å². The zero-order valence-electron chi connectivity index (χ0n) is 8.92. The summed E-state index contributed by atoms with van der Waals surface area (Å²) in [6.07, 6.45) is 5.58. The van der Waals surface area contributed by atoms with Crippen molar-refractivity contribution < 1.29 is 14.6 Å². The van der Waals surface area contributed by atoms with Crippen molar-refractivity contribution in [2.45, 2.75) is 50.5 Å². The molecule has 0 aromatic rings. The van der Waals surface area contributed by atoms with Gasteiger partial charge in [0, 0.05) is 20.1 Å². The number of ketones is 1. The molecule has 1 aliphatic carbocycles. The average Bonchev–Trinajstić information content (AvgIpc) is 2.19. The van der Waals surface area contributed by atoms with E-state index in [0.717, 1.165) is 25.7 Å². The Morgan fingerprint density at radius 1 is 1.36 bits per heavy atom. The third-order valence-electron chi connectivity index (χ3n) is 2.95. The van der Waals surface area contributed by atoms with Crippen LogP contribution in [0.2, 0.25) is 0 Å². The largest absolute Gasteiger partial charge is 0.385 e. The fourth-order valence-corrected chi connectivity index (χ4v) is 2.03. The Kier molecular flexibility index (Phi) is 4.55. The molecular formula is C11H20O3. The van der Waals surface area contributed by atoms with E-state index >= 15 is 0 Å². The van der Waals surface area contributed by atoms with Crippen LogP contribution in [0, 0.1) is 0 Å². The Morgan fingerprint density at radius 2 is 2.00 bits per heavy atom. The molecule has 1 fully saturated rings. The average molecular weight is 200 g/mol. The highest BCUT2D eigenvalue weighted by Crippen LogP contribution is 2.29. The summed E-state index contributed by atoms with van der Waals surface area (Å²) in [5.74, 6) is 0.00856. The maximum atomic E-state index is 11.7. The van der Waals surface area contributed by atoms with E-state index in [4.69, 9.17) is 4.74 Å². The van der Waals surface area contributed by atoms with E-state index in [9.17, 15) is 9.90 Å². The van der Waals surface area contributed by atoms with Crippen molar-refractivity contribution in [2.75, 3.05) is 13.7 Å². The lowest BCUT2D eigenvalue weighted by Crippen LogP contribution is -2.40. The van der Waals surface area contributed by atoms with Crippen molar-refractivity contribution in [3.8, 4) is 0 Å². The van der Waals surface area contributed by atoms with Gasteiger partial charge in [-0.3, -0.25) is 4.79 Å². The number of Topliss-reactive ketones (excluding diaryl/α,β-unsaturated/α-hetero) is 1. The molecule has 0 saturated heterocycles. The minimum Gasteiger partial charge on any atom is -0.385 e. The first-order valence-electron chi connectivity index (χ1n) is 5.44. The van der Waals surface area contributed by atoms with Crippen LogP contribution in [-0.4, -0.2) is 30.2 Å². The van der Waals surface area contributed by atoms with Gasteiger partial charge in [-0.05, 0) is 19.3 Å². The van der Waals surface area contributed by atoms with E-state index in [1.54, 1.807) is 7.11 Å². The van der Waals surface area contributed by atoms with Gasteiger partial charge in [-0.25, -0.2) is 0 Å². The lowest BCUT2D eigenvalue weighted by molar-refractivity contribution is -0.140. The molecule has 82 valence electrons. The van der Waals surface area contributed by atoms with E-state index in [1.165, 1.54) is 0 Å². The normalized spacial score (nSPS) is 20.7. The second-order valence-electron chi connectivity index (χ2n) is 4.11. The maximum Gasteiger partial charge on any atom is 0.164 e. The Bertz CT molecular complexity index is 183. The smallest absolute Gasteiger partial charge is 0.164 e. The van der Waals surface area contributed by atoms with Crippen LogP contribution >= 0.6 is 0 Å². The predicted octanol–water partition coefficient (Wildman–Crippen LogP) is 1.68. The summed E-state index contributed by atoms with van der Waals surface area (Å²) >= 11 is 0. The molecule has 1 saturated carbocycles. The van der Waals surface area contributed by atoms with Crippen LogP contribution < -0.4 is 0 Å². The number of carbonyl (C=O) groups is 1. The van der Waals surface area contributed by atoms with Gasteiger partial charge in [0.2, 0.25) is 0 Å². The summed E-state index contributed by atoms with van der Waals surface area (Å²) in [6.45, 7) is 0.599. The van der Waals surface area contributed by atoms with Crippen LogP contribution in [0.5, 0.6) is 0 Å². The quantitative estimate of drug-likeness (QED) is 0.687. The molecule has 0 heterocycles. The standard InChI is InChI=1S/C11H20O3/c1-14-9-5-6-10(12)11(13)7-3-2-4-8-11/h13H,2-9H2,1H3. The summed E-state index contributed by atoms with van der Waals surface area (Å²) in [7, 11) is 1.62. The molecule has 0 spiro atoms. The van der Waals surface area contributed by atoms with Gasteiger partial charge in [0.1, 0.15) is 5.60 Å². The van der Waals surface area contributed by atoms with Crippen LogP contribution in [0.3, 0.4) is 0 Å². The molecule has 0 unspecified atom stereocenters. The molecular weight excluding hydrogens is 180 g/mol. The van der Waals surface area contributed by atoms with E-state index < -0.39 is 5.60 Å². The summed E-state index contributed by atoms with van der Waals surface area (Å²) in [5.41, 5.74) is -1.01. The molecule has 0 aromatic carbocycles. The van der Waals surface area contributed by atoms with Crippen molar-refractivity contribution in [3.05, 3.63) is 0 Å². The first kappa shape index (κ1) is 11.7. The van der Waals surface area contributed by atoms with E-state index in [-0.39, 0.29) is 5.78 Å². The summed E-state index contributed by atoms with van der Waals surface area (Å²) < 4.78 is 4.88. The van der Waals surface area contributed by atoms with Crippen molar-refractivity contribution in [2.24, 2.45) is 0 Å². The maximum absolute atomic E-state index is 11.7. The van der Waals surface area contributed by atoms with Crippen LogP contribution in [0.25, 0.3) is 0 Å². The second kappa shape index (κ2) is 5.47. The number of hydrogen-bond donors (Lipinski definition) is 1. The van der Waals surface area contributed by atoms with Gasteiger partial charge in [0.05, 0.1) is 0 Å². The lowest BCUT2D eigenvalue weighted by atomic mass is 9.80. The van der Waals surface area contributed by atoms with Gasteiger partial charge in [0.15, 0.2) is 5.78 Å². The van der Waals surface area contributed by atoms with Gasteiger partial charge in [0.25, 0.3) is 0 Å². The Morgan fingerprint density at radius 3 is 2.57 bits per heavy atom. The first-order valence-corrected chi connectivity index (χ1v) is 5.44. The van der Waals surface area contributed by atoms with Crippen molar-refractivity contribution in [1.82, 2.24) is 0 Å². The summed E-state index contributed by atoms with van der Waals surface area (Å²) in [4.78, 5) is 11.7. The highest BCUT2D eigenvalue weighted by atomic mass is 16.5. The fraction of sp³-hybridized carbons (Fsp3) is 0.909. The minimum atomic E-state index is -1.01. The number of methoxy groups -OCH3 is 1. The van der Waals surface area contributed by atoms with Crippen LogP contribution in [0.1, 0.15) is 44.9 Å². The Labute approximate surface area is 85.5 Å². The van der Waals surface area contributed by atoms with Crippen molar-refractivity contribution in [1.29, 1.82) is 0 Å². The SMILES string of the molecule is COCCCC(=O)C1(O)CCCCC1. The van der Waals surface area contributed by atoms with E-state index in [1.807, 2.05) is 0 Å². The highest BCUT2D eigenvalue weighted by molar-refractivity contribution is 5.87. The van der Waals surface area contributed by atoms with Crippen molar-refractivity contribution >= 4 is 5.78 Å². The number of rotatable bonds is 5. The second-order valence-corrected chi connectivity index (χ2v) is 4.11. The molecule has 0 atom stereocenters. The molecule has 0 amide bonds. The predicted molar refractivity (Wildman–Crippen MR) is 54.2 cm³/mol. The van der Waals surface area contributed by atoms with Gasteiger partial charge in [-0.2, -0.15) is 0 Å². The number of carbonyl (C=O) groups excluding carboxylic acids is 1. The number of aliphatic hydroxyl groups is 1. The third kappa shape index (κ3) is 3.07.